The molecule has 0 radical (unpaired) electrons. The zero-order valence-electron chi connectivity index (χ0n) is 7.52. The molecule has 0 aromatic carbocycles. The van der Waals surface area contributed by atoms with Gasteiger partial charge in [-0.15, -0.1) is 15.3 Å². The van der Waals surface area contributed by atoms with Gasteiger partial charge in [-0.1, -0.05) is 40.5 Å². The monoisotopic (exact) mass is 222 g/mol. The van der Waals surface area contributed by atoms with Gasteiger partial charge in [-0.3, -0.25) is 0 Å². The van der Waals surface area contributed by atoms with Crippen molar-refractivity contribution in [1.29, 1.82) is 0 Å². The lowest BCUT2D eigenvalue weighted by Crippen LogP contribution is -2.15. The zero-order chi connectivity index (χ0) is 8.15. The van der Waals surface area contributed by atoms with Gasteiger partial charge in [0.05, 0.1) is 0 Å². The number of rotatable bonds is 4. The van der Waals surface area contributed by atoms with Crippen molar-refractivity contribution >= 4 is 22.7 Å². The van der Waals surface area contributed by atoms with Gasteiger partial charge in [0.2, 0.25) is 0 Å². The molecule has 2 atom stereocenters. The molecule has 62 valence electrons. The van der Waals surface area contributed by atoms with E-state index >= 15 is 0 Å². The van der Waals surface area contributed by atoms with Gasteiger partial charge in [-0.05, 0) is 11.1 Å². The van der Waals surface area contributed by atoms with Crippen LogP contribution in [0.2, 0.25) is 11.1 Å². The van der Waals surface area contributed by atoms with Crippen LogP contribution in [0.1, 0.15) is 40.5 Å². The molecule has 2 heteroatoms. The third-order valence-corrected chi connectivity index (χ3v) is 10.9. The second-order valence-corrected chi connectivity index (χ2v) is 9.55. The highest BCUT2D eigenvalue weighted by atomic mass is 79.9. The maximum Gasteiger partial charge on any atom is 0.120 e. The van der Waals surface area contributed by atoms with E-state index in [4.69, 9.17) is 0 Å². The molecule has 0 spiro atoms. The first-order valence-electron chi connectivity index (χ1n) is 4.27. The van der Waals surface area contributed by atoms with Crippen molar-refractivity contribution in [1.82, 2.24) is 0 Å². The first-order valence-corrected chi connectivity index (χ1v) is 8.79. The van der Waals surface area contributed by atoms with Crippen molar-refractivity contribution < 1.29 is 0 Å². The van der Waals surface area contributed by atoms with Gasteiger partial charge in [0.25, 0.3) is 0 Å². The maximum absolute atomic E-state index is 3.87. The van der Waals surface area contributed by atoms with Gasteiger partial charge in [0, 0.05) is 0 Å². The van der Waals surface area contributed by atoms with Crippen molar-refractivity contribution in [2.24, 2.45) is 0 Å². The molecule has 0 heterocycles. The summed E-state index contributed by atoms with van der Waals surface area (Å²) in [4.78, 5) is 0. The lowest BCUT2D eigenvalue weighted by atomic mass is 10.4. The lowest BCUT2D eigenvalue weighted by Gasteiger charge is -2.20. The first kappa shape index (κ1) is 10.7. The molecule has 0 aliphatic heterocycles. The van der Waals surface area contributed by atoms with E-state index in [0.29, 0.717) is 0 Å². The molecular formula is C8H19BrSi. The van der Waals surface area contributed by atoms with Gasteiger partial charge in [0.15, 0.2) is 0 Å². The minimum Gasteiger partial charge on any atom is -0.130 e. The van der Waals surface area contributed by atoms with Crippen molar-refractivity contribution in [2.75, 3.05) is 0 Å². The van der Waals surface area contributed by atoms with E-state index in [0.717, 1.165) is 11.1 Å². The largest absolute Gasteiger partial charge is 0.130 e. The van der Waals surface area contributed by atoms with Gasteiger partial charge in [-0.2, -0.15) is 0 Å². The predicted octanol–water partition coefficient (Wildman–Crippen LogP) is 3.71. The van der Waals surface area contributed by atoms with Crippen LogP contribution in [-0.2, 0) is 0 Å². The van der Waals surface area contributed by atoms with E-state index in [-0.39, 0.29) is 0 Å². The summed E-state index contributed by atoms with van der Waals surface area (Å²) in [7, 11) is -0.578. The third-order valence-electron chi connectivity index (χ3n) is 2.38. The Hall–Kier alpha value is 0.697. The molecular weight excluding hydrogens is 204 g/mol. The molecule has 0 aromatic heterocycles. The smallest absolute Gasteiger partial charge is 0.120 e. The Balaban J connectivity index is 3.69. The highest BCUT2D eigenvalue weighted by Crippen LogP contribution is 2.29. The van der Waals surface area contributed by atoms with Crippen molar-refractivity contribution in [2.45, 2.75) is 51.6 Å². The normalized spacial score (nSPS) is 20.1. The quantitative estimate of drug-likeness (QED) is 0.503. The van der Waals surface area contributed by atoms with E-state index in [1.165, 1.54) is 12.8 Å². The Morgan fingerprint density at radius 2 is 1.40 bits per heavy atom. The summed E-state index contributed by atoms with van der Waals surface area (Å²) in [5.41, 5.74) is 1.91. The van der Waals surface area contributed by atoms with E-state index < -0.39 is 7.42 Å². The molecule has 0 aliphatic rings. The Morgan fingerprint density at radius 3 is 1.60 bits per heavy atom. The molecule has 0 aromatic rings. The van der Waals surface area contributed by atoms with E-state index in [1.807, 2.05) is 0 Å². The summed E-state index contributed by atoms with van der Waals surface area (Å²) >= 11 is 3.87. The van der Waals surface area contributed by atoms with Gasteiger partial charge in [-0.25, -0.2) is 0 Å². The summed E-state index contributed by atoms with van der Waals surface area (Å²) < 4.78 is 0. The van der Waals surface area contributed by atoms with Crippen LogP contribution < -0.4 is 0 Å². The molecule has 0 aliphatic carbocycles. The molecule has 0 saturated carbocycles. The lowest BCUT2D eigenvalue weighted by molar-refractivity contribution is 0.799. The molecule has 0 N–H and O–H groups in total. The molecule has 10 heavy (non-hydrogen) atoms. The minimum absolute atomic E-state index is 0.578. The SMILES string of the molecule is CCC(C)[SiH](Br)C(C)CC. The van der Waals surface area contributed by atoms with Crippen LogP contribution >= 0.6 is 15.3 Å². The second kappa shape index (κ2) is 5.36. The third kappa shape index (κ3) is 3.20. The fourth-order valence-electron chi connectivity index (χ4n) is 1.01. The summed E-state index contributed by atoms with van der Waals surface area (Å²) in [6.07, 6.45) is 2.68. The van der Waals surface area contributed by atoms with Gasteiger partial charge < -0.3 is 0 Å². The van der Waals surface area contributed by atoms with Crippen LogP contribution in [0.15, 0.2) is 0 Å². The highest BCUT2D eigenvalue weighted by Gasteiger charge is 2.19. The number of hydrogen-bond donors (Lipinski definition) is 0. The predicted molar refractivity (Wildman–Crippen MR) is 55.5 cm³/mol. The van der Waals surface area contributed by atoms with Crippen LogP contribution in [0.5, 0.6) is 0 Å². The average Bonchev–Trinajstić information content (AvgIpc) is 2.00. The van der Waals surface area contributed by atoms with Crippen LogP contribution in [0.25, 0.3) is 0 Å². The number of hydrogen-bond acceptors (Lipinski definition) is 0. The molecule has 2 unspecified atom stereocenters. The van der Waals surface area contributed by atoms with Crippen LogP contribution in [0.4, 0.5) is 0 Å². The Morgan fingerprint density at radius 1 is 1.10 bits per heavy atom. The van der Waals surface area contributed by atoms with Crippen LogP contribution in [0.3, 0.4) is 0 Å². The fourth-order valence-corrected chi connectivity index (χ4v) is 5.28. The van der Waals surface area contributed by atoms with Gasteiger partial charge >= 0.3 is 0 Å². The summed E-state index contributed by atoms with van der Waals surface area (Å²) in [5, 5.41) is 0. The van der Waals surface area contributed by atoms with E-state index in [9.17, 15) is 0 Å². The van der Waals surface area contributed by atoms with E-state index in [2.05, 4.69) is 43.0 Å². The Kier molecular flexibility index (Phi) is 5.73. The zero-order valence-corrected chi connectivity index (χ0v) is 10.3. The minimum atomic E-state index is -0.578. The molecule has 0 rings (SSSR count). The average molecular weight is 223 g/mol. The molecule has 0 fully saturated rings. The summed E-state index contributed by atoms with van der Waals surface area (Å²) in [5.74, 6) is 0. The van der Waals surface area contributed by atoms with Crippen LogP contribution in [-0.4, -0.2) is 7.42 Å². The Bertz CT molecular complexity index is 75.3. The first-order chi connectivity index (χ1) is 4.63. The highest BCUT2D eigenvalue weighted by molar-refractivity contribution is 9.24. The molecule has 0 nitrogen and oxygen atoms in total. The molecule has 0 saturated heterocycles. The van der Waals surface area contributed by atoms with Gasteiger partial charge in [0.1, 0.15) is 7.42 Å². The fraction of sp³-hybridized carbons (Fsp3) is 1.00. The summed E-state index contributed by atoms with van der Waals surface area (Å²) in [6.45, 7) is 9.32. The molecule has 0 bridgehead atoms. The Labute approximate surface area is 74.6 Å². The van der Waals surface area contributed by atoms with Crippen molar-refractivity contribution in [3.8, 4) is 0 Å². The standard InChI is InChI=1S/C8H19BrSi/c1-5-7(3)10(9)8(4)6-2/h7-8,10H,5-6H2,1-4H3. The van der Waals surface area contributed by atoms with Crippen molar-refractivity contribution in [3.63, 3.8) is 0 Å². The van der Waals surface area contributed by atoms with Crippen LogP contribution in [0, 0.1) is 0 Å². The number of halogens is 1. The van der Waals surface area contributed by atoms with E-state index in [1.54, 1.807) is 0 Å². The summed E-state index contributed by atoms with van der Waals surface area (Å²) in [6, 6.07) is 0. The molecule has 0 amide bonds. The topological polar surface area (TPSA) is 0 Å². The second-order valence-electron chi connectivity index (χ2n) is 3.22. The maximum atomic E-state index is 3.87. The van der Waals surface area contributed by atoms with Crippen molar-refractivity contribution in [3.05, 3.63) is 0 Å².